The second-order valence-corrected chi connectivity index (χ2v) is 8.07. The van der Waals surface area contributed by atoms with Crippen LogP contribution >= 0.6 is 0 Å². The minimum atomic E-state index is -1.47. The Labute approximate surface area is 192 Å². The number of aromatic carboxylic acids is 1. The number of carboxylic acids is 1. The van der Waals surface area contributed by atoms with Crippen molar-refractivity contribution in [1.29, 1.82) is 0 Å². The molecule has 34 heavy (non-hydrogen) atoms. The summed E-state index contributed by atoms with van der Waals surface area (Å²) < 4.78 is 44.9. The van der Waals surface area contributed by atoms with Crippen molar-refractivity contribution < 1.29 is 27.9 Å². The SMILES string of the molecule is CCn1cc(C(=O)O)c(=O)c2cc(F)c(N3CCN(CC(=O)c4ccc(F)cc4)CC3)c(F)c21. The third-order valence-electron chi connectivity index (χ3n) is 6.02. The number of Topliss-reactive ketones (excluding diaryl/α,β-unsaturated/α-hetero) is 1. The van der Waals surface area contributed by atoms with Gasteiger partial charge in [0.1, 0.15) is 22.9 Å². The number of carboxylic acid groups (broad SMARTS) is 1. The van der Waals surface area contributed by atoms with Crippen molar-refractivity contribution in [1.82, 2.24) is 9.47 Å². The van der Waals surface area contributed by atoms with Gasteiger partial charge < -0.3 is 14.6 Å². The number of piperazine rings is 1. The maximum absolute atomic E-state index is 15.5. The quantitative estimate of drug-likeness (QED) is 0.554. The van der Waals surface area contributed by atoms with Gasteiger partial charge in [-0.1, -0.05) is 0 Å². The molecule has 2 aromatic carbocycles. The molecule has 178 valence electrons. The summed E-state index contributed by atoms with van der Waals surface area (Å²) in [5.74, 6) is -3.97. The fourth-order valence-electron chi connectivity index (χ4n) is 4.23. The molecule has 2 heterocycles. The van der Waals surface area contributed by atoms with Gasteiger partial charge in [-0.2, -0.15) is 0 Å². The van der Waals surface area contributed by atoms with Crippen LogP contribution in [0.1, 0.15) is 27.6 Å². The van der Waals surface area contributed by atoms with E-state index in [1.165, 1.54) is 33.7 Å². The molecule has 1 fully saturated rings. The van der Waals surface area contributed by atoms with Crippen LogP contribution in [0.25, 0.3) is 10.9 Å². The Morgan fingerprint density at radius 3 is 2.26 bits per heavy atom. The number of benzene rings is 2. The molecule has 4 rings (SSSR count). The van der Waals surface area contributed by atoms with Crippen LogP contribution in [0, 0.1) is 17.5 Å². The number of ketones is 1. The molecular formula is C24H22F3N3O4. The van der Waals surface area contributed by atoms with Gasteiger partial charge in [-0.15, -0.1) is 0 Å². The molecule has 3 aromatic rings. The first-order chi connectivity index (χ1) is 16.2. The first kappa shape index (κ1) is 23.5. The van der Waals surface area contributed by atoms with Crippen molar-refractivity contribution >= 4 is 28.3 Å². The van der Waals surface area contributed by atoms with E-state index in [1.807, 2.05) is 4.90 Å². The predicted octanol–water partition coefficient (Wildman–Crippen LogP) is 3.14. The molecule has 0 bridgehead atoms. The smallest absolute Gasteiger partial charge is 0.341 e. The van der Waals surface area contributed by atoms with Gasteiger partial charge in [0.05, 0.1) is 17.4 Å². The van der Waals surface area contributed by atoms with Crippen LogP contribution in [-0.4, -0.2) is 59.0 Å². The van der Waals surface area contributed by atoms with Gasteiger partial charge in [0.15, 0.2) is 11.6 Å². The van der Waals surface area contributed by atoms with Gasteiger partial charge >= 0.3 is 5.97 Å². The molecule has 7 nitrogen and oxygen atoms in total. The van der Waals surface area contributed by atoms with Crippen LogP contribution in [0.2, 0.25) is 0 Å². The second kappa shape index (κ2) is 9.30. The molecular weight excluding hydrogens is 451 g/mol. The highest BCUT2D eigenvalue weighted by Gasteiger charge is 2.27. The summed E-state index contributed by atoms with van der Waals surface area (Å²) in [6.07, 6.45) is 1.07. The van der Waals surface area contributed by atoms with E-state index in [4.69, 9.17) is 0 Å². The van der Waals surface area contributed by atoms with Gasteiger partial charge in [0.2, 0.25) is 5.43 Å². The lowest BCUT2D eigenvalue weighted by Crippen LogP contribution is -2.48. The molecule has 1 aliphatic rings. The van der Waals surface area contributed by atoms with Crippen molar-refractivity contribution in [2.75, 3.05) is 37.6 Å². The Morgan fingerprint density at radius 2 is 1.68 bits per heavy atom. The number of rotatable bonds is 6. The fourth-order valence-corrected chi connectivity index (χ4v) is 4.23. The zero-order chi connectivity index (χ0) is 24.6. The maximum atomic E-state index is 15.5. The summed E-state index contributed by atoms with van der Waals surface area (Å²) in [6, 6.07) is 6.14. The summed E-state index contributed by atoms with van der Waals surface area (Å²) in [4.78, 5) is 39.7. The Hall–Kier alpha value is -3.66. The minimum Gasteiger partial charge on any atom is -0.477 e. The molecule has 0 amide bonds. The van der Waals surface area contributed by atoms with E-state index < -0.39 is 34.4 Å². The highest BCUT2D eigenvalue weighted by atomic mass is 19.1. The van der Waals surface area contributed by atoms with Crippen LogP contribution in [0.4, 0.5) is 18.9 Å². The minimum absolute atomic E-state index is 0.0928. The summed E-state index contributed by atoms with van der Waals surface area (Å²) in [5.41, 5.74) is -1.56. The lowest BCUT2D eigenvalue weighted by molar-refractivity contribution is 0.0694. The van der Waals surface area contributed by atoms with Crippen LogP contribution in [0.3, 0.4) is 0 Å². The molecule has 1 aromatic heterocycles. The summed E-state index contributed by atoms with van der Waals surface area (Å²) >= 11 is 0. The molecule has 0 unspecified atom stereocenters. The number of carbonyl (C=O) groups excluding carboxylic acids is 1. The topological polar surface area (TPSA) is 82.8 Å². The van der Waals surface area contributed by atoms with Gasteiger partial charge in [0.25, 0.3) is 0 Å². The van der Waals surface area contributed by atoms with Gasteiger partial charge in [-0.05, 0) is 37.3 Å². The Bertz CT molecular complexity index is 1330. The lowest BCUT2D eigenvalue weighted by atomic mass is 10.1. The third kappa shape index (κ3) is 4.28. The number of hydrogen-bond acceptors (Lipinski definition) is 5. The van der Waals surface area contributed by atoms with Gasteiger partial charge in [0, 0.05) is 44.5 Å². The molecule has 0 spiro atoms. The number of aryl methyl sites for hydroxylation is 1. The molecule has 0 radical (unpaired) electrons. The van der Waals surface area contributed by atoms with Crippen LogP contribution < -0.4 is 10.3 Å². The highest BCUT2D eigenvalue weighted by molar-refractivity contribution is 5.97. The third-order valence-corrected chi connectivity index (χ3v) is 6.02. The Kier molecular flexibility index (Phi) is 6.43. The summed E-state index contributed by atoms with van der Waals surface area (Å²) in [6.45, 7) is 3.13. The molecule has 1 saturated heterocycles. The average molecular weight is 473 g/mol. The largest absolute Gasteiger partial charge is 0.477 e. The van der Waals surface area contributed by atoms with E-state index >= 15 is 4.39 Å². The summed E-state index contributed by atoms with van der Waals surface area (Å²) in [5, 5.41) is 8.93. The molecule has 0 atom stereocenters. The number of hydrogen-bond donors (Lipinski definition) is 1. The molecule has 0 saturated carbocycles. The van der Waals surface area contributed by atoms with Crippen molar-refractivity contribution in [3.8, 4) is 0 Å². The average Bonchev–Trinajstić information content (AvgIpc) is 2.81. The molecule has 1 aliphatic heterocycles. The normalized spacial score (nSPS) is 14.5. The zero-order valence-electron chi connectivity index (χ0n) is 18.4. The number of carbonyl (C=O) groups is 2. The van der Waals surface area contributed by atoms with E-state index in [0.29, 0.717) is 18.7 Å². The second-order valence-electron chi connectivity index (χ2n) is 8.07. The van der Waals surface area contributed by atoms with Crippen molar-refractivity contribution in [3.05, 3.63) is 75.3 Å². The van der Waals surface area contributed by atoms with E-state index in [0.717, 1.165) is 12.3 Å². The van der Waals surface area contributed by atoms with E-state index in [1.54, 1.807) is 6.92 Å². The fraction of sp³-hybridized carbons (Fsp3) is 0.292. The monoisotopic (exact) mass is 473 g/mol. The van der Waals surface area contributed by atoms with Crippen molar-refractivity contribution in [3.63, 3.8) is 0 Å². The summed E-state index contributed by atoms with van der Waals surface area (Å²) in [7, 11) is 0. The molecule has 10 heteroatoms. The van der Waals surface area contributed by atoms with Crippen molar-refractivity contribution in [2.45, 2.75) is 13.5 Å². The van der Waals surface area contributed by atoms with E-state index in [9.17, 15) is 28.3 Å². The van der Waals surface area contributed by atoms with Crippen LogP contribution in [0.5, 0.6) is 0 Å². The van der Waals surface area contributed by atoms with Crippen LogP contribution in [0.15, 0.2) is 41.3 Å². The van der Waals surface area contributed by atoms with Crippen LogP contribution in [-0.2, 0) is 6.54 Å². The number of halogens is 3. The number of aromatic nitrogens is 1. The van der Waals surface area contributed by atoms with Gasteiger partial charge in [-0.3, -0.25) is 14.5 Å². The van der Waals surface area contributed by atoms with Crippen molar-refractivity contribution in [2.24, 2.45) is 0 Å². The van der Waals surface area contributed by atoms with Gasteiger partial charge in [-0.25, -0.2) is 18.0 Å². The Morgan fingerprint density at radius 1 is 1.03 bits per heavy atom. The first-order valence-electron chi connectivity index (χ1n) is 10.8. The van der Waals surface area contributed by atoms with E-state index in [2.05, 4.69) is 0 Å². The maximum Gasteiger partial charge on any atom is 0.341 e. The zero-order valence-corrected chi connectivity index (χ0v) is 18.4. The predicted molar refractivity (Wildman–Crippen MR) is 120 cm³/mol. The number of nitrogens with zero attached hydrogens (tertiary/aromatic N) is 3. The first-order valence-corrected chi connectivity index (χ1v) is 10.8. The highest BCUT2D eigenvalue weighted by Crippen LogP contribution is 2.31. The van der Waals surface area contributed by atoms with E-state index in [-0.39, 0.29) is 48.6 Å². The molecule has 0 aliphatic carbocycles. The standard InChI is InChI=1S/C24H22F3N3O4/c1-2-29-12-17(24(33)34)23(32)16-11-18(26)22(20(27)21(16)29)30-9-7-28(8-10-30)13-19(31)14-3-5-15(25)6-4-14/h3-6,11-12H,2,7-10,13H2,1H3,(H,33,34). The number of anilines is 1. The number of pyridine rings is 1. The lowest BCUT2D eigenvalue weighted by Gasteiger charge is -2.36. The number of fused-ring (bicyclic) bond motifs is 1. The molecule has 1 N–H and O–H groups in total. The Balaban J connectivity index is 1.58.